The van der Waals surface area contributed by atoms with Crippen molar-refractivity contribution in [3.8, 4) is 28.9 Å². The van der Waals surface area contributed by atoms with Crippen molar-refractivity contribution in [3.05, 3.63) is 94.1 Å². The molecule has 0 saturated carbocycles. The van der Waals surface area contributed by atoms with E-state index in [2.05, 4.69) is 21.4 Å². The molecule has 7 nitrogen and oxygen atoms in total. The summed E-state index contributed by atoms with van der Waals surface area (Å²) in [6, 6.07) is 21.5. The summed E-state index contributed by atoms with van der Waals surface area (Å²) in [5.41, 5.74) is 10.9. The zero-order valence-electron chi connectivity index (χ0n) is 16.5. The Morgan fingerprint density at radius 2 is 1.77 bits per heavy atom. The average molecular weight is 429 g/mol. The van der Waals surface area contributed by atoms with E-state index in [1.54, 1.807) is 4.68 Å². The largest absolute Gasteiger partial charge is 0.420 e. The molecule has 4 aromatic rings. The van der Waals surface area contributed by atoms with Gasteiger partial charge in [-0.3, -0.25) is 5.10 Å². The summed E-state index contributed by atoms with van der Waals surface area (Å²) in [4.78, 5) is 0. The molecule has 1 atom stereocenters. The van der Waals surface area contributed by atoms with Crippen LogP contribution in [0.2, 0.25) is 5.15 Å². The van der Waals surface area contributed by atoms with Crippen LogP contribution in [0.1, 0.15) is 22.7 Å². The molecule has 0 radical (unpaired) electrons. The number of para-hydroxylation sites is 1. The maximum absolute atomic E-state index is 9.95. The molecule has 0 amide bonds. The van der Waals surface area contributed by atoms with Gasteiger partial charge in [0.1, 0.15) is 16.8 Å². The van der Waals surface area contributed by atoms with Crippen molar-refractivity contribution in [2.24, 2.45) is 5.73 Å². The van der Waals surface area contributed by atoms with E-state index < -0.39 is 5.92 Å². The lowest BCUT2D eigenvalue weighted by Gasteiger charge is -2.24. The van der Waals surface area contributed by atoms with Crippen LogP contribution in [-0.2, 0) is 0 Å². The second kappa shape index (κ2) is 7.35. The zero-order valence-corrected chi connectivity index (χ0v) is 17.3. The lowest BCUT2D eigenvalue weighted by Crippen LogP contribution is -2.21. The highest BCUT2D eigenvalue weighted by atomic mass is 35.5. The van der Waals surface area contributed by atoms with Crippen molar-refractivity contribution < 1.29 is 4.74 Å². The number of nitrogens with zero attached hydrogens (tertiary/aromatic N) is 4. The first-order chi connectivity index (χ1) is 15.1. The number of aromatic nitrogens is 4. The van der Waals surface area contributed by atoms with Gasteiger partial charge in [-0.05, 0) is 24.6 Å². The van der Waals surface area contributed by atoms with Crippen LogP contribution >= 0.6 is 11.6 Å². The Bertz CT molecular complexity index is 1350. The maximum atomic E-state index is 9.95. The van der Waals surface area contributed by atoms with Gasteiger partial charge in [-0.25, -0.2) is 4.68 Å². The van der Waals surface area contributed by atoms with E-state index in [4.69, 9.17) is 22.1 Å². The van der Waals surface area contributed by atoms with Gasteiger partial charge >= 0.3 is 0 Å². The van der Waals surface area contributed by atoms with E-state index in [-0.39, 0.29) is 11.5 Å². The molecular formula is C23H17ClN6O. The Morgan fingerprint density at radius 1 is 1.10 bits per heavy atom. The van der Waals surface area contributed by atoms with E-state index >= 15 is 0 Å². The average Bonchev–Trinajstić information content (AvgIpc) is 3.34. The Balaban J connectivity index is 1.76. The monoisotopic (exact) mass is 428 g/mol. The Hall–Kier alpha value is -4.02. The van der Waals surface area contributed by atoms with Gasteiger partial charge in [-0.2, -0.15) is 10.4 Å². The molecule has 31 heavy (non-hydrogen) atoms. The van der Waals surface area contributed by atoms with Crippen LogP contribution in [0.3, 0.4) is 0 Å². The first-order valence-electron chi connectivity index (χ1n) is 9.61. The van der Waals surface area contributed by atoms with Crippen LogP contribution in [0.4, 0.5) is 0 Å². The quantitative estimate of drug-likeness (QED) is 0.501. The number of halogens is 1. The summed E-state index contributed by atoms with van der Waals surface area (Å²) in [6.07, 6.45) is 0. The van der Waals surface area contributed by atoms with Gasteiger partial charge in [0.2, 0.25) is 11.8 Å². The maximum Gasteiger partial charge on any atom is 0.244 e. The molecule has 152 valence electrons. The summed E-state index contributed by atoms with van der Waals surface area (Å²) in [5, 5.41) is 22.4. The third kappa shape index (κ3) is 2.97. The highest BCUT2D eigenvalue weighted by molar-refractivity contribution is 6.30. The molecule has 0 saturated heterocycles. The Morgan fingerprint density at radius 3 is 2.45 bits per heavy atom. The molecule has 8 heteroatoms. The minimum absolute atomic E-state index is 0.00837. The topological polar surface area (TPSA) is 106 Å². The number of H-pyrrole nitrogens is 1. The van der Waals surface area contributed by atoms with Crippen LogP contribution in [0.5, 0.6) is 5.88 Å². The molecule has 1 aliphatic heterocycles. The zero-order chi connectivity index (χ0) is 21.5. The lowest BCUT2D eigenvalue weighted by molar-refractivity contribution is 0.379. The standard InChI is InChI=1S/C23H17ClN6O/c1-13-17(21(24)30(29-13)15-10-6-3-7-11-15)18-16(12-25)22(26)31-23-19(18)20(27-28-23)14-8-4-2-5-9-14/h2-11,18H,26H2,1H3,(H,27,28)/t18-/m1/s1. The SMILES string of the molecule is Cc1nn(-c2ccccc2)c(Cl)c1[C@H]1C(C#N)=C(N)Oc2n[nH]c(-c3ccccc3)c21. The fraction of sp³-hybridized carbons (Fsp3) is 0.0870. The molecule has 0 fully saturated rings. The Labute approximate surface area is 183 Å². The molecule has 0 bridgehead atoms. The fourth-order valence-corrected chi connectivity index (χ4v) is 4.32. The van der Waals surface area contributed by atoms with Crippen molar-refractivity contribution in [1.29, 1.82) is 5.26 Å². The Kier molecular flexibility index (Phi) is 4.50. The number of aromatic amines is 1. The van der Waals surface area contributed by atoms with Crippen molar-refractivity contribution in [2.45, 2.75) is 12.8 Å². The number of benzene rings is 2. The number of ether oxygens (including phenoxy) is 1. The first kappa shape index (κ1) is 19.0. The third-order valence-corrected chi connectivity index (χ3v) is 5.70. The molecule has 1 aliphatic rings. The van der Waals surface area contributed by atoms with Crippen LogP contribution in [0, 0.1) is 18.3 Å². The highest BCUT2D eigenvalue weighted by Gasteiger charge is 2.39. The number of hydrogen-bond acceptors (Lipinski definition) is 5. The molecule has 2 aromatic heterocycles. The van der Waals surface area contributed by atoms with Crippen molar-refractivity contribution in [1.82, 2.24) is 20.0 Å². The molecule has 0 aliphatic carbocycles. The summed E-state index contributed by atoms with van der Waals surface area (Å²) < 4.78 is 7.34. The van der Waals surface area contributed by atoms with E-state index in [1.165, 1.54) is 0 Å². The lowest BCUT2D eigenvalue weighted by atomic mass is 9.83. The van der Waals surface area contributed by atoms with E-state index in [0.717, 1.165) is 16.9 Å². The van der Waals surface area contributed by atoms with Crippen molar-refractivity contribution >= 4 is 11.6 Å². The van der Waals surface area contributed by atoms with Crippen LogP contribution in [0.15, 0.2) is 72.1 Å². The molecule has 2 aromatic carbocycles. The van der Waals surface area contributed by atoms with Crippen molar-refractivity contribution in [3.63, 3.8) is 0 Å². The normalized spacial score (nSPS) is 15.3. The number of aryl methyl sites for hydroxylation is 1. The smallest absolute Gasteiger partial charge is 0.244 e. The van der Waals surface area contributed by atoms with Gasteiger partial charge in [-0.15, -0.1) is 5.10 Å². The summed E-state index contributed by atoms with van der Waals surface area (Å²) in [6.45, 7) is 1.86. The number of nitrogens with one attached hydrogen (secondary N) is 1. The molecule has 5 rings (SSSR count). The molecule has 3 heterocycles. The number of rotatable bonds is 3. The second-order valence-electron chi connectivity index (χ2n) is 7.15. The first-order valence-corrected chi connectivity index (χ1v) is 9.99. The molecule has 3 N–H and O–H groups in total. The number of hydrogen-bond donors (Lipinski definition) is 2. The van der Waals surface area contributed by atoms with E-state index in [9.17, 15) is 5.26 Å². The van der Waals surface area contributed by atoms with E-state index in [0.29, 0.717) is 27.9 Å². The van der Waals surface area contributed by atoms with Gasteiger partial charge in [0.25, 0.3) is 0 Å². The number of nitriles is 1. The third-order valence-electron chi connectivity index (χ3n) is 5.34. The molecular weight excluding hydrogens is 412 g/mol. The number of nitrogens with two attached hydrogens (primary N) is 1. The van der Waals surface area contributed by atoms with Crippen LogP contribution in [0.25, 0.3) is 16.9 Å². The van der Waals surface area contributed by atoms with Crippen LogP contribution < -0.4 is 10.5 Å². The van der Waals surface area contributed by atoms with Gasteiger partial charge in [0.15, 0.2) is 0 Å². The highest BCUT2D eigenvalue weighted by Crippen LogP contribution is 2.48. The van der Waals surface area contributed by atoms with Crippen LogP contribution in [-0.4, -0.2) is 20.0 Å². The summed E-state index contributed by atoms with van der Waals surface area (Å²) >= 11 is 6.86. The van der Waals surface area contributed by atoms with E-state index in [1.807, 2.05) is 67.6 Å². The predicted molar refractivity (Wildman–Crippen MR) is 117 cm³/mol. The summed E-state index contributed by atoms with van der Waals surface area (Å²) in [5.74, 6) is -0.245. The van der Waals surface area contributed by atoms with Gasteiger partial charge in [0.05, 0.1) is 28.6 Å². The summed E-state index contributed by atoms with van der Waals surface area (Å²) in [7, 11) is 0. The second-order valence-corrected chi connectivity index (χ2v) is 7.50. The fourth-order valence-electron chi connectivity index (χ4n) is 3.94. The molecule has 0 unspecified atom stereocenters. The van der Waals surface area contributed by atoms with Gasteiger partial charge < -0.3 is 10.5 Å². The minimum atomic E-state index is -0.576. The van der Waals surface area contributed by atoms with Gasteiger partial charge in [-0.1, -0.05) is 60.1 Å². The minimum Gasteiger partial charge on any atom is -0.420 e. The van der Waals surface area contributed by atoms with Crippen molar-refractivity contribution in [2.75, 3.05) is 0 Å². The number of fused-ring (bicyclic) bond motifs is 1. The predicted octanol–water partition coefficient (Wildman–Crippen LogP) is 4.44. The number of allylic oxidation sites excluding steroid dienone is 1. The molecule has 0 spiro atoms. The van der Waals surface area contributed by atoms with Gasteiger partial charge in [0, 0.05) is 5.56 Å².